The van der Waals surface area contributed by atoms with E-state index in [2.05, 4.69) is 27.7 Å². The van der Waals surface area contributed by atoms with E-state index in [9.17, 15) is 9.59 Å². The van der Waals surface area contributed by atoms with Crippen LogP contribution in [0.3, 0.4) is 0 Å². The maximum atomic E-state index is 13.0. The van der Waals surface area contributed by atoms with Crippen LogP contribution in [0.15, 0.2) is 0 Å². The summed E-state index contributed by atoms with van der Waals surface area (Å²) in [6.45, 7) is 14.7. The summed E-state index contributed by atoms with van der Waals surface area (Å²) in [5.74, 6) is -1.62. The number of rotatable bonds is 4. The molecule has 29 heavy (non-hydrogen) atoms. The van der Waals surface area contributed by atoms with Gasteiger partial charge in [0.2, 0.25) is 0 Å². The van der Waals surface area contributed by atoms with Crippen LogP contribution in [-0.2, 0) is 28.5 Å². The van der Waals surface area contributed by atoms with Gasteiger partial charge >= 0.3 is 11.9 Å². The summed E-state index contributed by atoms with van der Waals surface area (Å²) in [7, 11) is 0. The van der Waals surface area contributed by atoms with Crippen molar-refractivity contribution in [2.45, 2.75) is 98.1 Å². The molecular weight excluding hydrogens is 372 g/mol. The lowest BCUT2D eigenvalue weighted by Gasteiger charge is -2.61. The largest absolute Gasteiger partial charge is 0.465 e. The summed E-state index contributed by atoms with van der Waals surface area (Å²) in [5, 5.41) is 0. The van der Waals surface area contributed by atoms with Gasteiger partial charge in [-0.15, -0.1) is 0 Å². The van der Waals surface area contributed by atoms with Crippen LogP contribution in [0, 0.1) is 22.7 Å². The van der Waals surface area contributed by atoms with E-state index in [1.807, 2.05) is 6.92 Å². The van der Waals surface area contributed by atoms with Gasteiger partial charge < -0.3 is 18.9 Å². The normalized spacial score (nSPS) is 40.3. The fourth-order valence-electron chi connectivity index (χ4n) is 5.70. The highest BCUT2D eigenvalue weighted by Crippen LogP contribution is 2.62. The van der Waals surface area contributed by atoms with Crippen LogP contribution in [-0.4, -0.2) is 42.6 Å². The summed E-state index contributed by atoms with van der Waals surface area (Å²) in [6, 6.07) is 0. The van der Waals surface area contributed by atoms with Crippen LogP contribution in [0.1, 0.15) is 80.6 Å². The molecule has 1 saturated heterocycles. The maximum absolute atomic E-state index is 13.0. The zero-order valence-corrected chi connectivity index (χ0v) is 19.1. The highest BCUT2D eigenvalue weighted by atomic mass is 16.7. The van der Waals surface area contributed by atoms with Gasteiger partial charge in [0.25, 0.3) is 0 Å². The van der Waals surface area contributed by atoms with Crippen molar-refractivity contribution in [2.75, 3.05) is 13.2 Å². The molecule has 0 aromatic carbocycles. The maximum Gasteiger partial charge on any atom is 0.323 e. The summed E-state index contributed by atoms with van der Waals surface area (Å²) >= 11 is 0. The molecule has 1 aliphatic heterocycles. The van der Waals surface area contributed by atoms with Crippen LogP contribution in [0.2, 0.25) is 0 Å². The molecule has 0 aromatic heterocycles. The van der Waals surface area contributed by atoms with Gasteiger partial charge in [-0.25, -0.2) is 0 Å². The van der Waals surface area contributed by atoms with Gasteiger partial charge in [-0.05, 0) is 59.3 Å². The van der Waals surface area contributed by atoms with Crippen LogP contribution in [0.4, 0.5) is 0 Å². The Morgan fingerprint density at radius 2 is 1.62 bits per heavy atom. The molecule has 0 radical (unpaired) electrons. The molecule has 3 fully saturated rings. The van der Waals surface area contributed by atoms with E-state index >= 15 is 0 Å². The molecule has 0 N–H and O–H groups in total. The first-order valence-electron chi connectivity index (χ1n) is 11.2. The molecule has 3 rings (SSSR count). The molecule has 0 aromatic rings. The van der Waals surface area contributed by atoms with E-state index in [0.29, 0.717) is 12.3 Å². The van der Waals surface area contributed by atoms with Gasteiger partial charge in [-0.3, -0.25) is 9.59 Å². The molecule has 0 bridgehead atoms. The molecule has 5 atom stereocenters. The Bertz CT molecular complexity index is 640. The second-order valence-corrected chi connectivity index (χ2v) is 10.1. The van der Waals surface area contributed by atoms with Gasteiger partial charge in [-0.2, -0.15) is 0 Å². The van der Waals surface area contributed by atoms with Crippen molar-refractivity contribution in [1.82, 2.24) is 0 Å². The SMILES string of the molecule is CCOC(=O)C1(C(=O)OCC)C[C@H](C)[C@@]2(C1)O[C@H]1C[C@H](C)CC[C@]1(C)C(C)(C)O2. The monoisotopic (exact) mass is 410 g/mol. The lowest BCUT2D eigenvalue weighted by Crippen LogP contribution is -2.66. The van der Waals surface area contributed by atoms with Gasteiger partial charge in [0.1, 0.15) is 0 Å². The average molecular weight is 411 g/mol. The molecule has 2 saturated carbocycles. The lowest BCUT2D eigenvalue weighted by atomic mass is 9.61. The Balaban J connectivity index is 1.99. The van der Waals surface area contributed by atoms with E-state index in [0.717, 1.165) is 19.3 Å². The number of esters is 2. The van der Waals surface area contributed by atoms with Gasteiger partial charge in [0.05, 0.1) is 24.9 Å². The van der Waals surface area contributed by atoms with Crippen molar-refractivity contribution < 1.29 is 28.5 Å². The van der Waals surface area contributed by atoms with E-state index in [1.165, 1.54) is 0 Å². The van der Waals surface area contributed by atoms with Crippen LogP contribution in [0.5, 0.6) is 0 Å². The highest BCUT2D eigenvalue weighted by molar-refractivity contribution is 6.00. The van der Waals surface area contributed by atoms with Gasteiger partial charge in [0, 0.05) is 17.8 Å². The molecule has 2 aliphatic carbocycles. The summed E-state index contributed by atoms with van der Waals surface area (Å²) in [6.07, 6.45) is 3.63. The summed E-state index contributed by atoms with van der Waals surface area (Å²) in [5.41, 5.74) is -1.93. The van der Waals surface area contributed by atoms with E-state index in [1.54, 1.807) is 13.8 Å². The summed E-state index contributed by atoms with van der Waals surface area (Å²) < 4.78 is 24.1. The van der Waals surface area contributed by atoms with Crippen molar-refractivity contribution in [3.8, 4) is 0 Å². The Morgan fingerprint density at radius 1 is 1.03 bits per heavy atom. The molecule has 6 nitrogen and oxygen atoms in total. The van der Waals surface area contributed by atoms with Crippen molar-refractivity contribution in [3.05, 3.63) is 0 Å². The summed E-state index contributed by atoms with van der Waals surface area (Å²) in [4.78, 5) is 26.0. The molecule has 1 heterocycles. The van der Waals surface area contributed by atoms with Crippen LogP contribution in [0.25, 0.3) is 0 Å². The van der Waals surface area contributed by atoms with Crippen molar-refractivity contribution in [3.63, 3.8) is 0 Å². The minimum atomic E-state index is -1.38. The number of ether oxygens (including phenoxy) is 4. The van der Waals surface area contributed by atoms with E-state index in [-0.39, 0.29) is 37.1 Å². The Labute approximate surface area is 175 Å². The number of fused-ring (bicyclic) bond motifs is 1. The predicted octanol–water partition coefficient (Wildman–Crippen LogP) is 4.25. The van der Waals surface area contributed by atoms with Crippen molar-refractivity contribution in [2.24, 2.45) is 22.7 Å². The van der Waals surface area contributed by atoms with E-state index in [4.69, 9.17) is 18.9 Å². The number of carbonyl (C=O) groups excluding carboxylic acids is 2. The van der Waals surface area contributed by atoms with Crippen molar-refractivity contribution >= 4 is 11.9 Å². The molecule has 6 heteroatoms. The minimum Gasteiger partial charge on any atom is -0.465 e. The average Bonchev–Trinajstić information content (AvgIpc) is 2.90. The van der Waals surface area contributed by atoms with Gasteiger partial charge in [0.15, 0.2) is 11.2 Å². The standard InChI is InChI=1S/C23H38O6/c1-8-26-18(24)22(19(25)27-9-2)13-16(4)23(14-22)28-17-12-15(3)10-11-21(17,7)20(5,6)29-23/h15-17H,8-14H2,1-7H3/t15-,16+,17+,21+,23+/m1/s1. The molecule has 0 unspecified atom stereocenters. The molecule has 3 aliphatic rings. The number of hydrogen-bond donors (Lipinski definition) is 0. The second-order valence-electron chi connectivity index (χ2n) is 10.1. The van der Waals surface area contributed by atoms with Crippen LogP contribution >= 0.6 is 0 Å². The minimum absolute atomic E-state index is 0.0256. The highest BCUT2D eigenvalue weighted by Gasteiger charge is 2.69. The second kappa shape index (κ2) is 7.52. The molecule has 0 amide bonds. The third-order valence-corrected chi connectivity index (χ3v) is 7.91. The topological polar surface area (TPSA) is 71.1 Å². The van der Waals surface area contributed by atoms with Gasteiger partial charge in [-0.1, -0.05) is 20.8 Å². The quantitative estimate of drug-likeness (QED) is 0.510. The third-order valence-electron chi connectivity index (χ3n) is 7.91. The smallest absolute Gasteiger partial charge is 0.323 e. The first-order chi connectivity index (χ1) is 13.5. The fourth-order valence-corrected chi connectivity index (χ4v) is 5.70. The first-order valence-corrected chi connectivity index (χ1v) is 11.2. The Morgan fingerprint density at radius 3 is 2.17 bits per heavy atom. The predicted molar refractivity (Wildman–Crippen MR) is 108 cm³/mol. The number of hydrogen-bond acceptors (Lipinski definition) is 6. The van der Waals surface area contributed by atoms with Crippen molar-refractivity contribution in [1.29, 1.82) is 0 Å². The molecule has 166 valence electrons. The third kappa shape index (κ3) is 3.40. The first kappa shape index (κ1) is 22.5. The molecule has 1 spiro atoms. The Kier molecular flexibility index (Phi) is 5.85. The molecular formula is C23H38O6. The lowest BCUT2D eigenvalue weighted by molar-refractivity contribution is -0.405. The zero-order chi connectivity index (χ0) is 21.7. The Hall–Kier alpha value is -1.14. The zero-order valence-electron chi connectivity index (χ0n) is 19.1. The van der Waals surface area contributed by atoms with Crippen LogP contribution < -0.4 is 0 Å². The fraction of sp³-hybridized carbons (Fsp3) is 0.913. The number of carbonyl (C=O) groups is 2. The van der Waals surface area contributed by atoms with E-state index < -0.39 is 28.7 Å².